The summed E-state index contributed by atoms with van der Waals surface area (Å²) in [6, 6.07) is 6.49. The van der Waals surface area contributed by atoms with Gasteiger partial charge < -0.3 is 20.0 Å². The lowest BCUT2D eigenvalue weighted by atomic mass is 9.79. The van der Waals surface area contributed by atoms with Crippen molar-refractivity contribution in [3.8, 4) is 0 Å². The van der Waals surface area contributed by atoms with Crippen molar-refractivity contribution in [1.82, 2.24) is 19.8 Å². The number of anilines is 2. The molecule has 196 valence electrons. The van der Waals surface area contributed by atoms with Crippen LogP contribution in [0.5, 0.6) is 0 Å². The zero-order chi connectivity index (χ0) is 26.0. The molecule has 9 heteroatoms. The van der Waals surface area contributed by atoms with Crippen LogP contribution < -0.4 is 10.2 Å². The van der Waals surface area contributed by atoms with Crippen molar-refractivity contribution in [3.05, 3.63) is 47.2 Å². The van der Waals surface area contributed by atoms with Crippen LogP contribution in [-0.4, -0.2) is 70.9 Å². The van der Waals surface area contributed by atoms with E-state index in [1.54, 1.807) is 6.92 Å². The minimum atomic E-state index is -0.349. The number of H-pyrrole nitrogens is 1. The van der Waals surface area contributed by atoms with Crippen LogP contribution in [0.4, 0.5) is 17.2 Å². The second-order valence-electron chi connectivity index (χ2n) is 10.8. The van der Waals surface area contributed by atoms with E-state index in [1.807, 2.05) is 11.0 Å². The summed E-state index contributed by atoms with van der Waals surface area (Å²) in [6.07, 6.45) is 7.87. The summed E-state index contributed by atoms with van der Waals surface area (Å²) in [5, 5.41) is 3.06. The Balaban J connectivity index is 1.50. The van der Waals surface area contributed by atoms with Crippen molar-refractivity contribution < 1.29 is 9.59 Å². The molecule has 2 N–H and O–H groups in total. The van der Waals surface area contributed by atoms with Crippen molar-refractivity contribution in [2.45, 2.75) is 57.9 Å². The van der Waals surface area contributed by atoms with Crippen LogP contribution in [-0.2, 0) is 10.3 Å². The van der Waals surface area contributed by atoms with Crippen LogP contribution in [0.25, 0.3) is 4.85 Å². The van der Waals surface area contributed by atoms with Gasteiger partial charge in [-0.15, -0.1) is 0 Å². The first-order chi connectivity index (χ1) is 17.9. The Labute approximate surface area is 219 Å². The molecule has 3 saturated heterocycles. The molecule has 1 aromatic carbocycles. The highest BCUT2D eigenvalue weighted by molar-refractivity contribution is 6.04. The van der Waals surface area contributed by atoms with Gasteiger partial charge in [0.05, 0.1) is 17.6 Å². The monoisotopic (exact) mass is 503 g/mol. The Kier molecular flexibility index (Phi) is 7.20. The number of hydrogen-bond donors (Lipinski definition) is 2. The maximum Gasteiger partial charge on any atom is 0.314 e. The molecule has 5 rings (SSSR count). The van der Waals surface area contributed by atoms with Crippen LogP contribution in [0.2, 0.25) is 0 Å². The Morgan fingerprint density at radius 2 is 1.81 bits per heavy atom. The number of nitrogens with one attached hydrogen (secondary N) is 2. The highest BCUT2D eigenvalue weighted by Gasteiger charge is 2.43. The summed E-state index contributed by atoms with van der Waals surface area (Å²) in [5.74, 6) is 0.877. The van der Waals surface area contributed by atoms with Gasteiger partial charge in [-0.2, -0.15) is 0 Å². The number of amides is 2. The predicted molar refractivity (Wildman–Crippen MR) is 144 cm³/mol. The molecule has 4 heterocycles. The van der Waals surface area contributed by atoms with Crippen molar-refractivity contribution in [2.75, 3.05) is 49.5 Å². The van der Waals surface area contributed by atoms with Crippen molar-refractivity contribution in [2.24, 2.45) is 5.92 Å². The third-order valence-corrected chi connectivity index (χ3v) is 8.55. The lowest BCUT2D eigenvalue weighted by molar-refractivity contribution is -0.131. The van der Waals surface area contributed by atoms with E-state index in [9.17, 15) is 9.59 Å². The summed E-state index contributed by atoms with van der Waals surface area (Å²) < 4.78 is 0. The Bertz CT molecular complexity index is 1180. The molecular formula is C28H37N7O2. The molecule has 0 spiro atoms. The molecule has 3 aliphatic rings. The molecular weight excluding hydrogens is 466 g/mol. The highest BCUT2D eigenvalue weighted by atomic mass is 16.2. The Morgan fingerprint density at radius 1 is 1.11 bits per heavy atom. The molecule has 2 aromatic rings. The molecule has 0 bridgehead atoms. The summed E-state index contributed by atoms with van der Waals surface area (Å²) in [7, 11) is 0. The summed E-state index contributed by atoms with van der Waals surface area (Å²) in [5.41, 5.74) is 2.98. The first-order valence-corrected chi connectivity index (χ1v) is 13.5. The normalized spacial score (nSPS) is 20.6. The minimum absolute atomic E-state index is 0.103. The van der Waals surface area contributed by atoms with Crippen LogP contribution >= 0.6 is 0 Å². The molecule has 0 aliphatic carbocycles. The molecule has 0 unspecified atom stereocenters. The summed E-state index contributed by atoms with van der Waals surface area (Å²) >= 11 is 0. The van der Waals surface area contributed by atoms with Gasteiger partial charge in [-0.3, -0.25) is 19.5 Å². The average molecular weight is 504 g/mol. The fraction of sp³-hybridized carbons (Fsp3) is 0.571. The van der Waals surface area contributed by atoms with Gasteiger partial charge in [0.1, 0.15) is 0 Å². The minimum Gasteiger partial charge on any atom is -0.370 e. The van der Waals surface area contributed by atoms with E-state index in [0.717, 1.165) is 76.3 Å². The number of carbonyl (C=O) groups excluding carboxylic acids is 2. The topological polar surface area (TPSA) is 88.9 Å². The number of carbonyl (C=O) groups is 2. The fourth-order valence-electron chi connectivity index (χ4n) is 6.23. The zero-order valence-corrected chi connectivity index (χ0v) is 21.9. The van der Waals surface area contributed by atoms with Gasteiger partial charge in [0.25, 0.3) is 5.82 Å². The van der Waals surface area contributed by atoms with E-state index in [2.05, 4.69) is 49.0 Å². The van der Waals surface area contributed by atoms with Crippen molar-refractivity contribution in [1.29, 1.82) is 0 Å². The van der Waals surface area contributed by atoms with Crippen LogP contribution in [0.1, 0.15) is 68.6 Å². The number of benzene rings is 1. The highest BCUT2D eigenvalue weighted by Crippen LogP contribution is 2.44. The largest absolute Gasteiger partial charge is 0.370 e. The second kappa shape index (κ2) is 10.5. The first-order valence-electron chi connectivity index (χ1n) is 13.5. The number of aromatic amines is 1. The third kappa shape index (κ3) is 5.08. The van der Waals surface area contributed by atoms with Gasteiger partial charge in [0, 0.05) is 38.6 Å². The smallest absolute Gasteiger partial charge is 0.314 e. The predicted octanol–water partition coefficient (Wildman–Crippen LogP) is 4.38. The molecule has 2 amide bonds. The lowest BCUT2D eigenvalue weighted by Gasteiger charge is -2.48. The second-order valence-corrected chi connectivity index (χ2v) is 10.8. The Morgan fingerprint density at radius 3 is 2.43 bits per heavy atom. The van der Waals surface area contributed by atoms with Crippen LogP contribution in [0.15, 0.2) is 24.4 Å². The molecule has 9 nitrogen and oxygen atoms in total. The lowest BCUT2D eigenvalue weighted by Crippen LogP contribution is -2.53. The van der Waals surface area contributed by atoms with Crippen molar-refractivity contribution in [3.63, 3.8) is 0 Å². The van der Waals surface area contributed by atoms with E-state index >= 15 is 0 Å². The molecule has 1 aromatic heterocycles. The van der Waals surface area contributed by atoms with E-state index in [0.29, 0.717) is 5.92 Å². The number of aromatic nitrogens is 2. The zero-order valence-electron chi connectivity index (χ0n) is 21.9. The fourth-order valence-corrected chi connectivity index (χ4v) is 6.23. The molecule has 37 heavy (non-hydrogen) atoms. The molecule has 0 atom stereocenters. The van der Waals surface area contributed by atoms with Crippen LogP contribution in [0, 0.1) is 12.5 Å². The number of rotatable bonds is 5. The number of piperidine rings is 2. The quantitative estimate of drug-likeness (QED) is 0.591. The SMILES string of the molecule is [C-]#[N+]c1cnc(C(=O)Nc2ccc(C3(N4CCCC4)CCN(C(C)=O)CC3)cc2N2CCC(C)CC2)[nH]1. The summed E-state index contributed by atoms with van der Waals surface area (Å²) in [4.78, 5) is 42.3. The van der Waals surface area contributed by atoms with Gasteiger partial charge in [-0.25, -0.2) is 4.98 Å². The standard InChI is InChI=1S/C28H37N7O2/c1-20-8-14-34(15-9-20)24-18-22(6-7-23(24)31-27(37)26-30-19-25(29-3)32-26)28(35-12-4-5-13-35)10-16-33(17-11-28)21(2)36/h6-7,18-20H,4-5,8-17H2,1-2H3,(H,30,32)(H,31,37). The van der Waals surface area contributed by atoms with E-state index in [4.69, 9.17) is 6.57 Å². The van der Waals surface area contributed by atoms with E-state index in [-0.39, 0.29) is 29.0 Å². The average Bonchev–Trinajstić information content (AvgIpc) is 3.62. The Hall–Kier alpha value is -3.38. The van der Waals surface area contributed by atoms with E-state index in [1.165, 1.54) is 24.6 Å². The molecule has 3 fully saturated rings. The number of imidazole rings is 1. The van der Waals surface area contributed by atoms with Gasteiger partial charge >= 0.3 is 5.91 Å². The van der Waals surface area contributed by atoms with Gasteiger partial charge in [-0.1, -0.05) is 19.6 Å². The third-order valence-electron chi connectivity index (χ3n) is 8.55. The van der Waals surface area contributed by atoms with Gasteiger partial charge in [-0.05, 0) is 75.2 Å². The molecule has 0 saturated carbocycles. The number of hydrogen-bond acceptors (Lipinski definition) is 5. The van der Waals surface area contributed by atoms with Crippen molar-refractivity contribution >= 4 is 29.0 Å². The maximum atomic E-state index is 13.0. The summed E-state index contributed by atoms with van der Waals surface area (Å²) in [6.45, 7) is 16.7. The van der Waals surface area contributed by atoms with Crippen LogP contribution in [0.3, 0.4) is 0 Å². The maximum absolute atomic E-state index is 13.0. The molecule has 0 radical (unpaired) electrons. The van der Waals surface area contributed by atoms with Gasteiger partial charge in [0.2, 0.25) is 11.7 Å². The van der Waals surface area contributed by atoms with E-state index < -0.39 is 0 Å². The molecule has 3 aliphatic heterocycles. The number of likely N-dealkylation sites (tertiary alicyclic amines) is 2. The first kappa shape index (κ1) is 25.3. The number of nitrogens with zero attached hydrogens (tertiary/aromatic N) is 5. The van der Waals surface area contributed by atoms with Gasteiger partial charge in [0.15, 0.2) is 0 Å².